The molecule has 0 aliphatic heterocycles. The molecule has 102 valence electrons. The highest BCUT2D eigenvalue weighted by atomic mass is 79.9. The van der Waals surface area contributed by atoms with Crippen molar-refractivity contribution >= 4 is 70.5 Å². The zero-order valence-corrected chi connectivity index (χ0v) is 15.0. The number of halogens is 3. The highest BCUT2D eigenvalue weighted by Crippen LogP contribution is 2.32. The summed E-state index contributed by atoms with van der Waals surface area (Å²) in [7, 11) is -3.68. The molecule has 2 rings (SSSR count). The van der Waals surface area contributed by atoms with E-state index in [9.17, 15) is 8.42 Å². The first-order valence-electron chi connectivity index (χ1n) is 4.89. The zero-order valence-electron chi connectivity index (χ0n) is 9.45. The number of rotatable bonds is 3. The minimum absolute atomic E-state index is 0.0960. The molecule has 0 fully saturated rings. The quantitative estimate of drug-likeness (QED) is 0.710. The van der Waals surface area contributed by atoms with Gasteiger partial charge in [-0.15, -0.1) is 11.3 Å². The third-order valence-corrected chi connectivity index (χ3v) is 6.09. The summed E-state index contributed by atoms with van der Waals surface area (Å²) >= 11 is 13.7. The van der Waals surface area contributed by atoms with Gasteiger partial charge >= 0.3 is 0 Å². The molecule has 2 aromatic heterocycles. The van der Waals surface area contributed by atoms with Crippen LogP contribution in [0.3, 0.4) is 0 Å². The summed E-state index contributed by atoms with van der Waals surface area (Å²) < 4.78 is 28.4. The normalized spacial score (nSPS) is 11.6. The molecule has 2 aromatic rings. The van der Waals surface area contributed by atoms with Gasteiger partial charge in [0.25, 0.3) is 10.0 Å². The highest BCUT2D eigenvalue weighted by Gasteiger charge is 2.21. The standard InChI is InChI=1S/C10H7Br2ClN2O2S2/c1-5-8(3-9(12)18-5)19(16,17)15-7-2-6(11)4-14-10(7)13/h2-4,15H,1H3. The number of anilines is 1. The van der Waals surface area contributed by atoms with E-state index in [2.05, 4.69) is 41.6 Å². The van der Waals surface area contributed by atoms with Crippen molar-refractivity contribution < 1.29 is 8.42 Å². The van der Waals surface area contributed by atoms with Gasteiger partial charge in [0, 0.05) is 15.5 Å². The van der Waals surface area contributed by atoms with Gasteiger partial charge in [-0.3, -0.25) is 4.72 Å². The van der Waals surface area contributed by atoms with Gasteiger partial charge in [0.1, 0.15) is 4.90 Å². The van der Waals surface area contributed by atoms with Crippen LogP contribution in [0, 0.1) is 6.92 Å². The molecule has 0 spiro atoms. The number of hydrogen-bond donors (Lipinski definition) is 1. The molecule has 0 amide bonds. The van der Waals surface area contributed by atoms with Crippen LogP contribution in [0.25, 0.3) is 0 Å². The summed E-state index contributed by atoms with van der Waals surface area (Å²) in [4.78, 5) is 4.78. The largest absolute Gasteiger partial charge is 0.276 e. The lowest BCUT2D eigenvalue weighted by Gasteiger charge is -2.08. The van der Waals surface area contributed by atoms with Gasteiger partial charge in [-0.05, 0) is 50.9 Å². The van der Waals surface area contributed by atoms with Crippen molar-refractivity contribution in [3.63, 3.8) is 0 Å². The highest BCUT2D eigenvalue weighted by molar-refractivity contribution is 9.11. The Balaban J connectivity index is 2.42. The summed E-state index contributed by atoms with van der Waals surface area (Å²) in [5.41, 5.74) is 0.234. The van der Waals surface area contributed by atoms with E-state index in [-0.39, 0.29) is 15.7 Å². The van der Waals surface area contributed by atoms with Crippen molar-refractivity contribution in [2.24, 2.45) is 0 Å². The SMILES string of the molecule is Cc1sc(Br)cc1S(=O)(=O)Nc1cc(Br)cnc1Cl. The van der Waals surface area contributed by atoms with Crippen molar-refractivity contribution in [1.29, 1.82) is 0 Å². The van der Waals surface area contributed by atoms with E-state index < -0.39 is 10.0 Å². The predicted octanol–water partition coefficient (Wildman–Crippen LogP) is 4.43. The molecule has 19 heavy (non-hydrogen) atoms. The molecule has 0 aromatic carbocycles. The smallest absolute Gasteiger partial charge is 0.263 e. The molecule has 0 unspecified atom stereocenters. The van der Waals surface area contributed by atoms with Gasteiger partial charge in [-0.2, -0.15) is 0 Å². The van der Waals surface area contributed by atoms with E-state index in [1.54, 1.807) is 19.1 Å². The van der Waals surface area contributed by atoms with E-state index in [4.69, 9.17) is 11.6 Å². The van der Waals surface area contributed by atoms with Crippen molar-refractivity contribution in [2.45, 2.75) is 11.8 Å². The van der Waals surface area contributed by atoms with Gasteiger partial charge in [0.2, 0.25) is 0 Å². The zero-order chi connectivity index (χ0) is 14.2. The maximum Gasteiger partial charge on any atom is 0.263 e. The van der Waals surface area contributed by atoms with Gasteiger partial charge < -0.3 is 0 Å². The Bertz CT molecular complexity index is 731. The summed E-state index contributed by atoms with van der Waals surface area (Å²) in [6, 6.07) is 3.12. The first-order chi connectivity index (χ1) is 8.79. The Morgan fingerprint density at radius 1 is 1.37 bits per heavy atom. The van der Waals surface area contributed by atoms with Crippen LogP contribution >= 0.6 is 54.8 Å². The molecule has 0 aliphatic carbocycles. The third-order valence-electron chi connectivity index (χ3n) is 2.18. The lowest BCUT2D eigenvalue weighted by Crippen LogP contribution is -2.13. The molecule has 0 atom stereocenters. The average Bonchev–Trinajstić information content (AvgIpc) is 2.63. The number of sulfonamides is 1. The van der Waals surface area contributed by atoms with Gasteiger partial charge in [0.05, 0.1) is 9.47 Å². The molecular weight excluding hydrogens is 440 g/mol. The number of nitrogens with one attached hydrogen (secondary N) is 1. The molecule has 0 saturated heterocycles. The molecule has 1 N–H and O–H groups in total. The topological polar surface area (TPSA) is 59.1 Å². The number of aromatic nitrogens is 1. The first-order valence-corrected chi connectivity index (χ1v) is 9.16. The average molecular weight is 447 g/mol. The fraction of sp³-hybridized carbons (Fsp3) is 0.100. The van der Waals surface area contributed by atoms with Crippen LogP contribution in [0.2, 0.25) is 5.15 Å². The molecule has 9 heteroatoms. The van der Waals surface area contributed by atoms with Crippen LogP contribution in [0.5, 0.6) is 0 Å². The van der Waals surface area contributed by atoms with Crippen LogP contribution in [-0.2, 0) is 10.0 Å². The Morgan fingerprint density at radius 2 is 2.05 bits per heavy atom. The number of nitrogens with zero attached hydrogens (tertiary/aromatic N) is 1. The minimum atomic E-state index is -3.68. The first kappa shape index (κ1) is 15.2. The number of aryl methyl sites for hydroxylation is 1. The van der Waals surface area contributed by atoms with Crippen molar-refractivity contribution in [1.82, 2.24) is 4.98 Å². The predicted molar refractivity (Wildman–Crippen MR) is 84.5 cm³/mol. The maximum atomic E-state index is 12.3. The second kappa shape index (κ2) is 5.69. The van der Waals surface area contributed by atoms with Crippen molar-refractivity contribution in [2.75, 3.05) is 4.72 Å². The number of pyridine rings is 1. The van der Waals surface area contributed by atoms with Crippen molar-refractivity contribution in [3.05, 3.63) is 36.6 Å². The number of thiophene rings is 1. The van der Waals surface area contributed by atoms with E-state index in [0.717, 1.165) is 3.79 Å². The fourth-order valence-electron chi connectivity index (χ4n) is 1.39. The minimum Gasteiger partial charge on any atom is -0.276 e. The molecule has 4 nitrogen and oxygen atoms in total. The third kappa shape index (κ3) is 3.49. The van der Waals surface area contributed by atoms with E-state index in [0.29, 0.717) is 9.35 Å². The summed E-state index contributed by atoms with van der Waals surface area (Å²) in [6.07, 6.45) is 1.49. The summed E-state index contributed by atoms with van der Waals surface area (Å²) in [5, 5.41) is 0.0960. The van der Waals surface area contributed by atoms with E-state index in [1.807, 2.05) is 0 Å². The lowest BCUT2D eigenvalue weighted by molar-refractivity contribution is 0.601. The van der Waals surface area contributed by atoms with Crippen LogP contribution in [0.1, 0.15) is 4.88 Å². The second-order valence-electron chi connectivity index (χ2n) is 3.57. The van der Waals surface area contributed by atoms with Gasteiger partial charge in [-0.25, -0.2) is 13.4 Å². The summed E-state index contributed by atoms with van der Waals surface area (Å²) in [6.45, 7) is 1.74. The van der Waals surface area contributed by atoms with Crippen molar-refractivity contribution in [3.8, 4) is 0 Å². The summed E-state index contributed by atoms with van der Waals surface area (Å²) in [5.74, 6) is 0. The Kier molecular flexibility index (Phi) is 4.56. The van der Waals surface area contributed by atoms with Crippen LogP contribution < -0.4 is 4.72 Å². The van der Waals surface area contributed by atoms with Crippen LogP contribution in [-0.4, -0.2) is 13.4 Å². The molecule has 0 saturated carbocycles. The van der Waals surface area contributed by atoms with E-state index >= 15 is 0 Å². The van der Waals surface area contributed by atoms with Gasteiger partial charge in [0.15, 0.2) is 5.15 Å². The fourth-order valence-corrected chi connectivity index (χ4v) is 5.40. The molecule has 0 aliphatic rings. The van der Waals surface area contributed by atoms with Crippen LogP contribution in [0.4, 0.5) is 5.69 Å². The Morgan fingerprint density at radius 3 is 2.63 bits per heavy atom. The molecule has 0 bridgehead atoms. The maximum absolute atomic E-state index is 12.3. The van der Waals surface area contributed by atoms with E-state index in [1.165, 1.54) is 17.5 Å². The molecular formula is C10H7Br2ClN2O2S2. The lowest BCUT2D eigenvalue weighted by atomic mass is 10.4. The van der Waals surface area contributed by atoms with Gasteiger partial charge in [-0.1, -0.05) is 11.6 Å². The van der Waals surface area contributed by atoms with Crippen LogP contribution in [0.15, 0.2) is 31.5 Å². The number of hydrogen-bond acceptors (Lipinski definition) is 4. The monoisotopic (exact) mass is 444 g/mol. The Hall–Kier alpha value is -0.150. The Labute approximate surface area is 136 Å². The second-order valence-corrected chi connectivity index (χ2v) is 9.13. The molecule has 2 heterocycles. The molecule has 0 radical (unpaired) electrons.